The highest BCUT2D eigenvalue weighted by atomic mass is 15.1. The molecule has 0 spiro atoms. The van der Waals surface area contributed by atoms with Crippen molar-refractivity contribution in [3.8, 4) is 0 Å². The summed E-state index contributed by atoms with van der Waals surface area (Å²) in [5, 5.41) is 0. The summed E-state index contributed by atoms with van der Waals surface area (Å²) in [4.78, 5) is 5.43. The van der Waals surface area contributed by atoms with E-state index in [4.69, 9.17) is 0 Å². The molecule has 0 aliphatic carbocycles. The van der Waals surface area contributed by atoms with Gasteiger partial charge in [0.25, 0.3) is 0 Å². The first-order chi connectivity index (χ1) is 6.36. The van der Waals surface area contributed by atoms with Crippen LogP contribution in [0.2, 0.25) is 0 Å². The molecule has 0 aliphatic rings. The van der Waals surface area contributed by atoms with Crippen LogP contribution in [0.4, 0.5) is 0 Å². The summed E-state index contributed by atoms with van der Waals surface area (Å²) >= 11 is 0. The minimum Gasteiger partial charge on any atom is -0.364 e. The van der Waals surface area contributed by atoms with Gasteiger partial charge in [-0.05, 0) is 12.1 Å². The highest BCUT2D eigenvalue weighted by Crippen LogP contribution is 2.01. The lowest BCUT2D eigenvalue weighted by atomic mass is 10.3. The smallest absolute Gasteiger partial charge is 0.0391 e. The average Bonchev–Trinajstić information content (AvgIpc) is 2.58. The van der Waals surface area contributed by atoms with Gasteiger partial charge in [0, 0.05) is 31.5 Å². The first-order valence-corrected chi connectivity index (χ1v) is 4.43. The highest BCUT2D eigenvalue weighted by Gasteiger charge is 2.01. The van der Waals surface area contributed by atoms with Gasteiger partial charge in [-0.3, -0.25) is 4.90 Å². The molecule has 2 heteroatoms. The van der Waals surface area contributed by atoms with E-state index in [0.717, 1.165) is 19.6 Å². The molecule has 0 radical (unpaired) electrons. The summed E-state index contributed by atoms with van der Waals surface area (Å²) in [5.41, 5.74) is 1.23. The molecule has 0 amide bonds. The van der Waals surface area contributed by atoms with Crippen LogP contribution in [-0.2, 0) is 6.54 Å². The van der Waals surface area contributed by atoms with E-state index in [0.29, 0.717) is 0 Å². The van der Waals surface area contributed by atoms with Crippen LogP contribution < -0.4 is 0 Å². The number of H-pyrrole nitrogens is 1. The Labute approximate surface area is 79.6 Å². The summed E-state index contributed by atoms with van der Waals surface area (Å²) in [6, 6.07) is 4.09. The Bertz CT molecular complexity index is 239. The van der Waals surface area contributed by atoms with E-state index in [2.05, 4.69) is 29.1 Å². The van der Waals surface area contributed by atoms with Crippen molar-refractivity contribution in [3.05, 3.63) is 49.3 Å². The maximum absolute atomic E-state index is 3.73. The third-order valence-electron chi connectivity index (χ3n) is 1.83. The van der Waals surface area contributed by atoms with Crippen LogP contribution in [0.1, 0.15) is 5.69 Å². The first-order valence-electron chi connectivity index (χ1n) is 4.43. The van der Waals surface area contributed by atoms with E-state index in [-0.39, 0.29) is 0 Å². The number of aromatic nitrogens is 1. The van der Waals surface area contributed by atoms with Crippen molar-refractivity contribution >= 4 is 0 Å². The number of aromatic amines is 1. The normalized spacial score (nSPS) is 10.2. The zero-order chi connectivity index (χ0) is 9.52. The predicted octanol–water partition coefficient (Wildman–Crippen LogP) is 2.19. The van der Waals surface area contributed by atoms with E-state index in [1.54, 1.807) is 0 Å². The zero-order valence-electron chi connectivity index (χ0n) is 7.87. The fraction of sp³-hybridized carbons (Fsp3) is 0.273. The fourth-order valence-electron chi connectivity index (χ4n) is 1.28. The number of rotatable bonds is 6. The molecule has 70 valence electrons. The molecule has 1 aromatic rings. The minimum atomic E-state index is 0.894. The number of hydrogen-bond donors (Lipinski definition) is 1. The molecule has 0 saturated heterocycles. The van der Waals surface area contributed by atoms with Crippen molar-refractivity contribution < 1.29 is 0 Å². The second-order valence-electron chi connectivity index (χ2n) is 2.97. The maximum Gasteiger partial charge on any atom is 0.0391 e. The van der Waals surface area contributed by atoms with E-state index in [9.17, 15) is 0 Å². The van der Waals surface area contributed by atoms with Crippen molar-refractivity contribution in [2.45, 2.75) is 6.54 Å². The second-order valence-corrected chi connectivity index (χ2v) is 2.97. The molecule has 0 saturated carbocycles. The molecule has 0 atom stereocenters. The van der Waals surface area contributed by atoms with E-state index < -0.39 is 0 Å². The predicted molar refractivity (Wildman–Crippen MR) is 56.5 cm³/mol. The fourth-order valence-corrected chi connectivity index (χ4v) is 1.28. The summed E-state index contributed by atoms with van der Waals surface area (Å²) in [7, 11) is 0. The van der Waals surface area contributed by atoms with Gasteiger partial charge in [0.05, 0.1) is 0 Å². The molecule has 0 aliphatic heterocycles. The molecule has 1 N–H and O–H groups in total. The molecular weight excluding hydrogens is 160 g/mol. The standard InChI is InChI=1S/C11H16N2/c1-3-8-13(9-4-2)10-11-6-5-7-12-11/h3-7,12H,1-2,8-10H2. The van der Waals surface area contributed by atoms with Crippen molar-refractivity contribution in [1.29, 1.82) is 0 Å². The van der Waals surface area contributed by atoms with Crippen LogP contribution in [0.15, 0.2) is 43.6 Å². The topological polar surface area (TPSA) is 19.0 Å². The van der Waals surface area contributed by atoms with Crippen LogP contribution in [0, 0.1) is 0 Å². The van der Waals surface area contributed by atoms with Crippen LogP contribution in [-0.4, -0.2) is 23.0 Å². The molecule has 0 bridgehead atoms. The Morgan fingerprint density at radius 3 is 2.46 bits per heavy atom. The van der Waals surface area contributed by atoms with E-state index in [1.807, 2.05) is 24.4 Å². The van der Waals surface area contributed by atoms with Gasteiger partial charge < -0.3 is 4.98 Å². The summed E-state index contributed by atoms with van der Waals surface area (Å²) in [6.45, 7) is 10.2. The zero-order valence-corrected chi connectivity index (χ0v) is 7.87. The van der Waals surface area contributed by atoms with E-state index >= 15 is 0 Å². The van der Waals surface area contributed by atoms with Crippen LogP contribution >= 0.6 is 0 Å². The number of hydrogen-bond acceptors (Lipinski definition) is 1. The molecule has 1 heterocycles. The van der Waals surface area contributed by atoms with Crippen molar-refractivity contribution in [1.82, 2.24) is 9.88 Å². The van der Waals surface area contributed by atoms with Gasteiger partial charge in [0.15, 0.2) is 0 Å². The third-order valence-corrected chi connectivity index (χ3v) is 1.83. The quantitative estimate of drug-likeness (QED) is 0.658. The van der Waals surface area contributed by atoms with Crippen LogP contribution in [0.25, 0.3) is 0 Å². The van der Waals surface area contributed by atoms with Gasteiger partial charge in [-0.1, -0.05) is 12.2 Å². The molecule has 0 fully saturated rings. The van der Waals surface area contributed by atoms with E-state index in [1.165, 1.54) is 5.69 Å². The van der Waals surface area contributed by atoms with Gasteiger partial charge in [-0.2, -0.15) is 0 Å². The summed E-state index contributed by atoms with van der Waals surface area (Å²) in [5.74, 6) is 0. The van der Waals surface area contributed by atoms with Gasteiger partial charge in [-0.25, -0.2) is 0 Å². The van der Waals surface area contributed by atoms with Crippen molar-refractivity contribution in [2.24, 2.45) is 0 Å². The van der Waals surface area contributed by atoms with Crippen LogP contribution in [0.5, 0.6) is 0 Å². The molecule has 0 unspecified atom stereocenters. The first kappa shape index (κ1) is 9.81. The van der Waals surface area contributed by atoms with Crippen molar-refractivity contribution in [2.75, 3.05) is 13.1 Å². The Hall–Kier alpha value is -1.28. The highest BCUT2D eigenvalue weighted by molar-refractivity contribution is 5.03. The van der Waals surface area contributed by atoms with Crippen LogP contribution in [0.3, 0.4) is 0 Å². The molecule has 2 nitrogen and oxygen atoms in total. The Morgan fingerprint density at radius 1 is 1.31 bits per heavy atom. The number of nitrogens with one attached hydrogen (secondary N) is 1. The van der Waals surface area contributed by atoms with Gasteiger partial charge >= 0.3 is 0 Å². The summed E-state index contributed by atoms with van der Waals surface area (Å²) in [6.07, 6.45) is 5.76. The van der Waals surface area contributed by atoms with Gasteiger partial charge in [0.1, 0.15) is 0 Å². The SMILES string of the molecule is C=CCN(CC=C)Cc1ccc[nH]1. The molecule has 13 heavy (non-hydrogen) atoms. The largest absolute Gasteiger partial charge is 0.364 e. The third kappa shape index (κ3) is 3.30. The maximum atomic E-state index is 3.73. The van der Waals surface area contributed by atoms with Gasteiger partial charge in [0.2, 0.25) is 0 Å². The van der Waals surface area contributed by atoms with Gasteiger partial charge in [-0.15, -0.1) is 13.2 Å². The second kappa shape index (κ2) is 5.38. The average molecular weight is 176 g/mol. The molecule has 1 aromatic heterocycles. The number of nitrogens with zero attached hydrogens (tertiary/aromatic N) is 1. The Balaban J connectivity index is 2.46. The van der Waals surface area contributed by atoms with Crippen molar-refractivity contribution in [3.63, 3.8) is 0 Å². The lowest BCUT2D eigenvalue weighted by molar-refractivity contribution is 0.324. The molecule has 1 rings (SSSR count). The lowest BCUT2D eigenvalue weighted by Crippen LogP contribution is -2.23. The molecule has 0 aromatic carbocycles. The molecular formula is C11H16N2. The minimum absolute atomic E-state index is 0.894. The Morgan fingerprint density at radius 2 is 2.00 bits per heavy atom. The Kier molecular flexibility index (Phi) is 4.06. The monoisotopic (exact) mass is 176 g/mol. The summed E-state index contributed by atoms with van der Waals surface area (Å²) < 4.78 is 0. The lowest BCUT2D eigenvalue weighted by Gasteiger charge is -2.17.